The zero-order valence-electron chi connectivity index (χ0n) is 14.9. The van der Waals surface area contributed by atoms with Gasteiger partial charge in [-0.05, 0) is 37.0 Å². The van der Waals surface area contributed by atoms with E-state index < -0.39 is 0 Å². The standard InChI is InChI=1S/C19H27N3O3/c1-15(23)20-17-6-4-16(5-7-17)8-9-21-10-12-22(13-11-21)19(24)18-3-2-14-25-18/h4-7,18H,2-3,8-14H2,1H3,(H,20,23). The van der Waals surface area contributed by atoms with Crippen LogP contribution in [0.15, 0.2) is 24.3 Å². The largest absolute Gasteiger partial charge is 0.368 e. The summed E-state index contributed by atoms with van der Waals surface area (Å²) in [6, 6.07) is 7.99. The second-order valence-electron chi connectivity index (χ2n) is 6.80. The summed E-state index contributed by atoms with van der Waals surface area (Å²) in [6.45, 7) is 6.64. The fourth-order valence-corrected chi connectivity index (χ4v) is 3.41. The van der Waals surface area contributed by atoms with Crippen molar-refractivity contribution in [3.8, 4) is 0 Å². The Kier molecular flexibility index (Phi) is 6.04. The van der Waals surface area contributed by atoms with Gasteiger partial charge in [0, 0.05) is 51.9 Å². The van der Waals surface area contributed by atoms with E-state index in [-0.39, 0.29) is 17.9 Å². The molecular formula is C19H27N3O3. The van der Waals surface area contributed by atoms with E-state index in [2.05, 4.69) is 22.3 Å². The van der Waals surface area contributed by atoms with Gasteiger partial charge in [-0.2, -0.15) is 0 Å². The van der Waals surface area contributed by atoms with Gasteiger partial charge in [0.1, 0.15) is 6.10 Å². The molecule has 2 amide bonds. The third kappa shape index (κ3) is 5.03. The van der Waals surface area contributed by atoms with Gasteiger partial charge < -0.3 is 15.0 Å². The number of anilines is 1. The van der Waals surface area contributed by atoms with Crippen LogP contribution in [0.1, 0.15) is 25.3 Å². The van der Waals surface area contributed by atoms with Crippen molar-refractivity contribution in [1.82, 2.24) is 9.80 Å². The minimum atomic E-state index is -0.200. The van der Waals surface area contributed by atoms with Gasteiger partial charge in [0.25, 0.3) is 5.91 Å². The van der Waals surface area contributed by atoms with Gasteiger partial charge in [-0.1, -0.05) is 12.1 Å². The molecule has 3 rings (SSSR count). The van der Waals surface area contributed by atoms with Crippen molar-refractivity contribution >= 4 is 17.5 Å². The topological polar surface area (TPSA) is 61.9 Å². The molecule has 1 N–H and O–H groups in total. The number of piperazine rings is 1. The Bertz CT molecular complexity index is 588. The Hall–Kier alpha value is -1.92. The van der Waals surface area contributed by atoms with E-state index in [0.717, 1.165) is 64.3 Å². The normalized spacial score (nSPS) is 21.3. The summed E-state index contributed by atoms with van der Waals surface area (Å²) < 4.78 is 5.50. The van der Waals surface area contributed by atoms with Gasteiger partial charge in [0.2, 0.25) is 5.91 Å². The molecule has 25 heavy (non-hydrogen) atoms. The summed E-state index contributed by atoms with van der Waals surface area (Å²) in [5.41, 5.74) is 2.09. The maximum Gasteiger partial charge on any atom is 0.251 e. The van der Waals surface area contributed by atoms with Crippen LogP contribution < -0.4 is 5.32 Å². The lowest BCUT2D eigenvalue weighted by atomic mass is 10.1. The molecule has 1 aromatic carbocycles. The number of nitrogens with zero attached hydrogens (tertiary/aromatic N) is 2. The van der Waals surface area contributed by atoms with Crippen LogP contribution in [0, 0.1) is 0 Å². The number of nitrogens with one attached hydrogen (secondary N) is 1. The molecule has 2 aliphatic rings. The van der Waals surface area contributed by atoms with Gasteiger partial charge in [-0.3, -0.25) is 14.5 Å². The van der Waals surface area contributed by atoms with E-state index in [4.69, 9.17) is 4.74 Å². The Morgan fingerprint density at radius 1 is 1.16 bits per heavy atom. The van der Waals surface area contributed by atoms with Crippen LogP contribution in [0.3, 0.4) is 0 Å². The molecular weight excluding hydrogens is 318 g/mol. The first kappa shape index (κ1) is 17.9. The van der Waals surface area contributed by atoms with Crippen LogP contribution in [0.25, 0.3) is 0 Å². The first-order valence-corrected chi connectivity index (χ1v) is 9.11. The van der Waals surface area contributed by atoms with Crippen LogP contribution in [0.2, 0.25) is 0 Å². The van der Waals surface area contributed by atoms with Gasteiger partial charge in [0.15, 0.2) is 0 Å². The van der Waals surface area contributed by atoms with Crippen molar-refractivity contribution in [2.24, 2.45) is 0 Å². The number of carbonyl (C=O) groups excluding carboxylic acids is 2. The molecule has 6 heteroatoms. The number of hydrogen-bond donors (Lipinski definition) is 1. The highest BCUT2D eigenvalue weighted by Gasteiger charge is 2.30. The molecule has 2 saturated heterocycles. The molecule has 0 aromatic heterocycles. The monoisotopic (exact) mass is 345 g/mol. The lowest BCUT2D eigenvalue weighted by Gasteiger charge is -2.35. The third-order valence-electron chi connectivity index (χ3n) is 4.88. The van der Waals surface area contributed by atoms with Gasteiger partial charge in [0.05, 0.1) is 0 Å². The van der Waals surface area contributed by atoms with Gasteiger partial charge >= 0.3 is 0 Å². The highest BCUT2D eigenvalue weighted by Crippen LogP contribution is 2.16. The first-order valence-electron chi connectivity index (χ1n) is 9.11. The van der Waals surface area contributed by atoms with E-state index in [0.29, 0.717) is 0 Å². The van der Waals surface area contributed by atoms with Crippen LogP contribution in [0.4, 0.5) is 5.69 Å². The third-order valence-corrected chi connectivity index (χ3v) is 4.88. The summed E-state index contributed by atoms with van der Waals surface area (Å²) in [6.07, 6.45) is 2.64. The molecule has 0 spiro atoms. The lowest BCUT2D eigenvalue weighted by Crippen LogP contribution is -2.51. The smallest absolute Gasteiger partial charge is 0.251 e. The summed E-state index contributed by atoms with van der Waals surface area (Å²) in [5, 5.41) is 2.78. The second-order valence-corrected chi connectivity index (χ2v) is 6.80. The van der Waals surface area contributed by atoms with E-state index in [1.54, 1.807) is 0 Å². The van der Waals surface area contributed by atoms with E-state index in [1.165, 1.54) is 12.5 Å². The average Bonchev–Trinajstić information content (AvgIpc) is 3.15. The number of benzene rings is 1. The zero-order valence-corrected chi connectivity index (χ0v) is 14.9. The lowest BCUT2D eigenvalue weighted by molar-refractivity contribution is -0.142. The fourth-order valence-electron chi connectivity index (χ4n) is 3.41. The minimum absolute atomic E-state index is 0.0526. The minimum Gasteiger partial charge on any atom is -0.368 e. The molecule has 0 aliphatic carbocycles. The van der Waals surface area contributed by atoms with Crippen LogP contribution >= 0.6 is 0 Å². The number of ether oxygens (including phenoxy) is 1. The maximum atomic E-state index is 12.3. The van der Waals surface area contributed by atoms with Crippen molar-refractivity contribution in [3.05, 3.63) is 29.8 Å². The molecule has 136 valence electrons. The molecule has 1 unspecified atom stereocenters. The maximum absolute atomic E-state index is 12.3. The molecule has 0 bridgehead atoms. The highest BCUT2D eigenvalue weighted by molar-refractivity contribution is 5.88. The molecule has 6 nitrogen and oxygen atoms in total. The van der Waals surface area contributed by atoms with Crippen LogP contribution in [-0.2, 0) is 20.7 Å². The van der Waals surface area contributed by atoms with Crippen molar-refractivity contribution in [1.29, 1.82) is 0 Å². The summed E-state index contributed by atoms with van der Waals surface area (Å²) in [4.78, 5) is 27.7. The zero-order chi connectivity index (χ0) is 17.6. The summed E-state index contributed by atoms with van der Waals surface area (Å²) in [7, 11) is 0. The van der Waals surface area contributed by atoms with E-state index in [1.807, 2.05) is 17.0 Å². The Morgan fingerprint density at radius 2 is 1.88 bits per heavy atom. The number of hydrogen-bond acceptors (Lipinski definition) is 4. The predicted octanol–water partition coefficient (Wildman–Crippen LogP) is 1.51. The molecule has 0 radical (unpaired) electrons. The molecule has 1 aromatic rings. The van der Waals surface area contributed by atoms with E-state index in [9.17, 15) is 9.59 Å². The Morgan fingerprint density at radius 3 is 2.48 bits per heavy atom. The molecule has 1 atom stereocenters. The molecule has 2 fully saturated rings. The van der Waals surface area contributed by atoms with Crippen molar-refractivity contribution < 1.29 is 14.3 Å². The predicted molar refractivity (Wildman–Crippen MR) is 96.4 cm³/mol. The Balaban J connectivity index is 1.40. The fraction of sp³-hybridized carbons (Fsp3) is 0.579. The van der Waals surface area contributed by atoms with Crippen LogP contribution in [0.5, 0.6) is 0 Å². The van der Waals surface area contributed by atoms with Crippen molar-refractivity contribution in [3.63, 3.8) is 0 Å². The van der Waals surface area contributed by atoms with Crippen LogP contribution in [-0.4, -0.2) is 67.0 Å². The van der Waals surface area contributed by atoms with Crippen molar-refractivity contribution in [2.75, 3.05) is 44.6 Å². The average molecular weight is 345 g/mol. The first-order chi connectivity index (χ1) is 12.1. The SMILES string of the molecule is CC(=O)Nc1ccc(CCN2CCN(C(=O)C3CCCO3)CC2)cc1. The molecule has 2 heterocycles. The quantitative estimate of drug-likeness (QED) is 0.879. The molecule has 0 saturated carbocycles. The number of carbonyl (C=O) groups is 2. The summed E-state index contributed by atoms with van der Waals surface area (Å²) in [5.74, 6) is 0.119. The highest BCUT2D eigenvalue weighted by atomic mass is 16.5. The number of amides is 2. The second kappa shape index (κ2) is 8.45. The Labute approximate surface area is 149 Å². The van der Waals surface area contributed by atoms with Gasteiger partial charge in [-0.25, -0.2) is 0 Å². The summed E-state index contributed by atoms with van der Waals surface area (Å²) >= 11 is 0. The van der Waals surface area contributed by atoms with E-state index >= 15 is 0 Å². The van der Waals surface area contributed by atoms with Crippen molar-refractivity contribution in [2.45, 2.75) is 32.3 Å². The molecule has 2 aliphatic heterocycles. The van der Waals surface area contributed by atoms with Gasteiger partial charge in [-0.15, -0.1) is 0 Å². The number of rotatable bonds is 5.